The van der Waals surface area contributed by atoms with Crippen LogP contribution >= 0.6 is 11.8 Å². The molecular formula is C13H21N7O3S. The van der Waals surface area contributed by atoms with Crippen LogP contribution in [-0.4, -0.2) is 45.9 Å². The fourth-order valence-corrected chi connectivity index (χ4v) is 2.05. The zero-order chi connectivity index (χ0) is 17.9. The van der Waals surface area contributed by atoms with E-state index in [-0.39, 0.29) is 28.3 Å². The Labute approximate surface area is 142 Å². The molecule has 1 heterocycles. The zero-order valence-corrected chi connectivity index (χ0v) is 14.1. The van der Waals surface area contributed by atoms with E-state index in [1.807, 2.05) is 0 Å². The Kier molecular flexibility index (Phi) is 8.33. The van der Waals surface area contributed by atoms with E-state index in [1.54, 1.807) is 6.92 Å². The highest BCUT2D eigenvalue weighted by Gasteiger charge is 2.04. The van der Waals surface area contributed by atoms with Crippen molar-refractivity contribution in [2.45, 2.75) is 19.8 Å². The number of hydrogen-bond acceptors (Lipinski definition) is 6. The second-order valence-corrected chi connectivity index (χ2v) is 5.84. The van der Waals surface area contributed by atoms with Crippen LogP contribution in [0.3, 0.4) is 0 Å². The van der Waals surface area contributed by atoms with Crippen LogP contribution in [0, 0.1) is 12.3 Å². The Morgan fingerprint density at radius 1 is 1.33 bits per heavy atom. The highest BCUT2D eigenvalue weighted by Crippen LogP contribution is 1.97. The average molecular weight is 355 g/mol. The maximum absolute atomic E-state index is 11.6. The van der Waals surface area contributed by atoms with E-state index < -0.39 is 6.03 Å². The van der Waals surface area contributed by atoms with Crippen molar-refractivity contribution >= 4 is 34.8 Å². The van der Waals surface area contributed by atoms with Gasteiger partial charge in [-0.3, -0.25) is 25.3 Å². The lowest BCUT2D eigenvalue weighted by atomic mass is 10.3. The van der Waals surface area contributed by atoms with E-state index in [0.717, 1.165) is 11.8 Å². The molecule has 0 unspecified atom stereocenters. The molecule has 1 aromatic heterocycles. The average Bonchev–Trinajstić information content (AvgIpc) is 2.47. The number of nitrogens with two attached hydrogens (primary N) is 1. The number of nitrogens with one attached hydrogen (secondary N) is 5. The number of nitrogens with zero attached hydrogens (tertiary/aromatic N) is 1. The predicted molar refractivity (Wildman–Crippen MR) is 93.2 cm³/mol. The maximum atomic E-state index is 11.6. The molecule has 1 rings (SSSR count). The van der Waals surface area contributed by atoms with Gasteiger partial charge in [-0.15, -0.1) is 0 Å². The van der Waals surface area contributed by atoms with Gasteiger partial charge in [0, 0.05) is 24.8 Å². The summed E-state index contributed by atoms with van der Waals surface area (Å²) < 4.78 is 0. The van der Waals surface area contributed by atoms with E-state index >= 15 is 0 Å². The number of carbonyl (C=O) groups excluding carboxylic acids is 2. The summed E-state index contributed by atoms with van der Waals surface area (Å²) in [5, 5.41) is 14.6. The van der Waals surface area contributed by atoms with Crippen molar-refractivity contribution in [3.8, 4) is 0 Å². The van der Waals surface area contributed by atoms with Crippen LogP contribution < -0.4 is 27.2 Å². The molecule has 24 heavy (non-hydrogen) atoms. The van der Waals surface area contributed by atoms with Crippen LogP contribution in [0.25, 0.3) is 0 Å². The molecule has 0 saturated carbocycles. The SMILES string of the molecule is Cc1cc(=O)[nH]c(NC(=O)NCCCCNC(=O)CSC(=N)N)n1. The van der Waals surface area contributed by atoms with E-state index in [4.69, 9.17) is 11.1 Å². The molecule has 0 radical (unpaired) electrons. The summed E-state index contributed by atoms with van der Waals surface area (Å²) in [4.78, 5) is 40.6. The monoisotopic (exact) mass is 355 g/mol. The summed E-state index contributed by atoms with van der Waals surface area (Å²) in [6.45, 7) is 2.55. The second kappa shape index (κ2) is 10.3. The van der Waals surface area contributed by atoms with Crippen molar-refractivity contribution < 1.29 is 9.59 Å². The lowest BCUT2D eigenvalue weighted by Crippen LogP contribution is -2.32. The number of urea groups is 1. The largest absolute Gasteiger partial charge is 0.379 e. The molecule has 0 bridgehead atoms. The third-order valence-electron chi connectivity index (χ3n) is 2.67. The minimum absolute atomic E-state index is 0.0905. The molecule has 0 aliphatic heterocycles. The molecule has 0 aliphatic rings. The number of carbonyl (C=O) groups is 2. The number of amidine groups is 1. The molecule has 0 fully saturated rings. The summed E-state index contributed by atoms with van der Waals surface area (Å²) in [6.07, 6.45) is 1.36. The summed E-state index contributed by atoms with van der Waals surface area (Å²) in [5.41, 5.74) is 5.30. The molecule has 0 spiro atoms. The number of hydrogen-bond donors (Lipinski definition) is 6. The van der Waals surface area contributed by atoms with Crippen LogP contribution in [0.15, 0.2) is 10.9 Å². The second-order valence-electron chi connectivity index (χ2n) is 4.83. The van der Waals surface area contributed by atoms with Gasteiger partial charge in [-0.1, -0.05) is 11.8 Å². The van der Waals surface area contributed by atoms with Gasteiger partial charge in [0.15, 0.2) is 5.17 Å². The molecule has 1 aromatic rings. The van der Waals surface area contributed by atoms with Crippen molar-refractivity contribution in [2.75, 3.05) is 24.2 Å². The van der Waals surface area contributed by atoms with Crippen molar-refractivity contribution in [3.63, 3.8) is 0 Å². The number of amides is 3. The molecule has 132 valence electrons. The fourth-order valence-electron chi connectivity index (χ4n) is 1.66. The molecule has 7 N–H and O–H groups in total. The first-order valence-corrected chi connectivity index (χ1v) is 8.21. The Morgan fingerprint density at radius 2 is 2.00 bits per heavy atom. The van der Waals surface area contributed by atoms with Gasteiger partial charge in [0.05, 0.1) is 5.75 Å². The summed E-state index contributed by atoms with van der Waals surface area (Å²) >= 11 is 0.967. The standard InChI is InChI=1S/C13H21N7O3S/c1-8-6-9(21)19-12(18-8)20-13(23)17-5-3-2-4-16-10(22)7-24-11(14)15/h6H,2-5,7H2,1H3,(H3,14,15)(H,16,22)(H3,17,18,19,20,21,23). The topological polar surface area (TPSA) is 166 Å². The number of thioether (sulfide) groups is 1. The van der Waals surface area contributed by atoms with Crippen LogP contribution in [0.5, 0.6) is 0 Å². The molecular weight excluding hydrogens is 334 g/mol. The first-order chi connectivity index (χ1) is 11.4. The van der Waals surface area contributed by atoms with Gasteiger partial charge in [-0.05, 0) is 19.8 Å². The van der Waals surface area contributed by atoms with Gasteiger partial charge in [-0.2, -0.15) is 0 Å². The van der Waals surface area contributed by atoms with Crippen molar-refractivity contribution in [2.24, 2.45) is 5.73 Å². The highest BCUT2D eigenvalue weighted by atomic mass is 32.2. The van der Waals surface area contributed by atoms with Crippen molar-refractivity contribution in [1.82, 2.24) is 20.6 Å². The third kappa shape index (κ3) is 8.78. The minimum Gasteiger partial charge on any atom is -0.379 e. The van der Waals surface area contributed by atoms with Crippen LogP contribution in [0.4, 0.5) is 10.7 Å². The summed E-state index contributed by atoms with van der Waals surface area (Å²) in [6, 6.07) is 0.859. The van der Waals surface area contributed by atoms with Gasteiger partial charge in [-0.25, -0.2) is 9.78 Å². The number of rotatable bonds is 8. The molecule has 0 saturated heterocycles. The van der Waals surface area contributed by atoms with E-state index in [0.29, 0.717) is 31.6 Å². The lowest BCUT2D eigenvalue weighted by molar-refractivity contribution is -0.118. The van der Waals surface area contributed by atoms with Crippen molar-refractivity contribution in [1.29, 1.82) is 5.41 Å². The van der Waals surface area contributed by atoms with Crippen LogP contribution in [0.1, 0.15) is 18.5 Å². The van der Waals surface area contributed by atoms with Crippen molar-refractivity contribution in [3.05, 3.63) is 22.1 Å². The number of H-pyrrole nitrogens is 1. The van der Waals surface area contributed by atoms with E-state index in [2.05, 4.69) is 25.9 Å². The quantitative estimate of drug-likeness (QED) is 0.213. The smallest absolute Gasteiger partial charge is 0.321 e. The number of unbranched alkanes of at least 4 members (excludes halogenated alkanes) is 1. The fraction of sp³-hybridized carbons (Fsp3) is 0.462. The maximum Gasteiger partial charge on any atom is 0.321 e. The Morgan fingerprint density at radius 3 is 2.62 bits per heavy atom. The zero-order valence-electron chi connectivity index (χ0n) is 13.3. The third-order valence-corrected chi connectivity index (χ3v) is 3.39. The molecule has 3 amide bonds. The first kappa shape index (κ1) is 19.5. The summed E-state index contributed by atoms with van der Waals surface area (Å²) in [5.74, 6) is 0.0284. The molecule has 10 nitrogen and oxygen atoms in total. The van der Waals surface area contributed by atoms with Gasteiger partial charge < -0.3 is 16.4 Å². The van der Waals surface area contributed by atoms with Gasteiger partial charge in [0.1, 0.15) is 0 Å². The molecule has 0 aromatic carbocycles. The van der Waals surface area contributed by atoms with E-state index in [1.165, 1.54) is 6.07 Å². The Balaban J connectivity index is 2.12. The minimum atomic E-state index is -0.467. The number of anilines is 1. The normalized spacial score (nSPS) is 10.0. The number of aromatic nitrogens is 2. The van der Waals surface area contributed by atoms with Crippen LogP contribution in [-0.2, 0) is 4.79 Å². The number of aryl methyl sites for hydroxylation is 1. The Hall–Kier alpha value is -2.56. The predicted octanol–water partition coefficient (Wildman–Crippen LogP) is -0.277. The molecule has 0 atom stereocenters. The summed E-state index contributed by atoms with van der Waals surface area (Å²) in [7, 11) is 0. The lowest BCUT2D eigenvalue weighted by Gasteiger charge is -2.07. The number of aromatic amines is 1. The first-order valence-electron chi connectivity index (χ1n) is 7.23. The van der Waals surface area contributed by atoms with Gasteiger partial charge in [0.2, 0.25) is 11.9 Å². The van der Waals surface area contributed by atoms with Gasteiger partial charge >= 0.3 is 6.03 Å². The van der Waals surface area contributed by atoms with Gasteiger partial charge in [0.25, 0.3) is 5.56 Å². The van der Waals surface area contributed by atoms with E-state index in [9.17, 15) is 14.4 Å². The highest BCUT2D eigenvalue weighted by molar-refractivity contribution is 8.14. The molecule has 0 aliphatic carbocycles. The Bertz CT molecular complexity index is 647. The molecule has 11 heteroatoms. The van der Waals surface area contributed by atoms with Crippen LogP contribution in [0.2, 0.25) is 0 Å².